The summed E-state index contributed by atoms with van der Waals surface area (Å²) in [4.78, 5) is 10.5. The molecule has 1 aliphatic rings. The van der Waals surface area contributed by atoms with Crippen LogP contribution < -0.4 is 11.5 Å². The van der Waals surface area contributed by atoms with Gasteiger partial charge in [0.05, 0.1) is 12.7 Å². The molecule has 0 aromatic heterocycles. The third-order valence-electron chi connectivity index (χ3n) is 3.63. The Bertz CT molecular complexity index is 316. The smallest absolute Gasteiger partial charge is 0.322 e. The average molecular weight is 228 g/mol. The van der Waals surface area contributed by atoms with E-state index in [9.17, 15) is 4.79 Å². The van der Waals surface area contributed by atoms with E-state index < -0.39 is 12.0 Å². The van der Waals surface area contributed by atoms with E-state index in [4.69, 9.17) is 21.3 Å². The third-order valence-corrected chi connectivity index (χ3v) is 3.63. The number of carboxylic acid groups (broad SMARTS) is 1. The van der Waals surface area contributed by atoms with E-state index >= 15 is 0 Å². The van der Waals surface area contributed by atoms with Crippen LogP contribution in [0.5, 0.6) is 0 Å². The molecule has 0 amide bonds. The maximum Gasteiger partial charge on any atom is 0.322 e. The Balaban J connectivity index is 2.48. The van der Waals surface area contributed by atoms with E-state index in [0.29, 0.717) is 0 Å². The van der Waals surface area contributed by atoms with Gasteiger partial charge in [0.1, 0.15) is 6.04 Å². The van der Waals surface area contributed by atoms with Crippen LogP contribution in [0.3, 0.4) is 0 Å². The maximum atomic E-state index is 10.5. The number of ether oxygens (including phenoxy) is 1. The number of hydrogen-bond donors (Lipinski definition) is 3. The van der Waals surface area contributed by atoms with Crippen LogP contribution in [-0.4, -0.2) is 29.8 Å². The highest BCUT2D eigenvalue weighted by Gasteiger charge is 2.44. The zero-order valence-corrected chi connectivity index (χ0v) is 9.93. The highest BCUT2D eigenvalue weighted by atomic mass is 16.5. The van der Waals surface area contributed by atoms with Crippen LogP contribution in [0, 0.1) is 11.3 Å². The lowest BCUT2D eigenvalue weighted by Gasteiger charge is -2.46. The van der Waals surface area contributed by atoms with Crippen molar-refractivity contribution >= 4 is 5.97 Å². The second-order valence-electron chi connectivity index (χ2n) is 4.65. The second kappa shape index (κ2) is 4.43. The molecule has 1 unspecified atom stereocenters. The van der Waals surface area contributed by atoms with Gasteiger partial charge < -0.3 is 21.3 Å². The van der Waals surface area contributed by atoms with E-state index in [-0.39, 0.29) is 24.0 Å². The van der Waals surface area contributed by atoms with Gasteiger partial charge in [0.2, 0.25) is 0 Å². The highest BCUT2D eigenvalue weighted by molar-refractivity contribution is 5.73. The minimum atomic E-state index is -1.05. The molecular formula is C11H20N2O3. The van der Waals surface area contributed by atoms with Gasteiger partial charge in [-0.3, -0.25) is 4.79 Å². The Morgan fingerprint density at radius 3 is 2.69 bits per heavy atom. The first-order chi connectivity index (χ1) is 7.29. The normalized spacial score (nSPS) is 32.5. The fourth-order valence-corrected chi connectivity index (χ4v) is 1.84. The summed E-state index contributed by atoms with van der Waals surface area (Å²) in [5.41, 5.74) is 11.8. The molecule has 0 saturated carbocycles. The molecule has 1 rings (SSSR count). The molecule has 92 valence electrons. The van der Waals surface area contributed by atoms with Crippen LogP contribution >= 0.6 is 0 Å². The molecule has 0 bridgehead atoms. The predicted octanol–water partition coefficient (Wildman–Crippen LogP) is 0.302. The van der Waals surface area contributed by atoms with E-state index in [1.807, 2.05) is 26.8 Å². The standard InChI is InChI=1S/C11H20N2O3/c1-6-8(12)4-11(6,3)7(2)16-5-9(13)10(14)15/h4,6-7,9H,5,12-13H2,1-3H3,(H,14,15)/t6?,7-,9+,11-/m1/s1. The number of hydrogen-bond acceptors (Lipinski definition) is 4. The lowest BCUT2D eigenvalue weighted by Crippen LogP contribution is -2.47. The average Bonchev–Trinajstić information content (AvgIpc) is 2.24. The molecule has 0 spiro atoms. The maximum absolute atomic E-state index is 10.5. The summed E-state index contributed by atoms with van der Waals surface area (Å²) in [6.45, 7) is 6.01. The molecular weight excluding hydrogens is 208 g/mol. The van der Waals surface area contributed by atoms with Gasteiger partial charge in [-0.05, 0) is 6.92 Å². The Hall–Kier alpha value is -1.07. The molecule has 0 saturated heterocycles. The van der Waals surface area contributed by atoms with Crippen molar-refractivity contribution in [2.24, 2.45) is 22.8 Å². The molecule has 0 aromatic rings. The molecule has 5 nitrogen and oxygen atoms in total. The van der Waals surface area contributed by atoms with Crippen molar-refractivity contribution in [3.8, 4) is 0 Å². The van der Waals surface area contributed by atoms with E-state index in [0.717, 1.165) is 5.70 Å². The molecule has 4 atom stereocenters. The largest absolute Gasteiger partial charge is 0.480 e. The summed E-state index contributed by atoms with van der Waals surface area (Å²) in [7, 11) is 0. The number of carboxylic acids is 1. The number of aliphatic carboxylic acids is 1. The van der Waals surface area contributed by atoms with Gasteiger partial charge in [-0.25, -0.2) is 0 Å². The zero-order chi connectivity index (χ0) is 12.5. The van der Waals surface area contributed by atoms with Crippen molar-refractivity contribution in [2.45, 2.75) is 32.9 Å². The summed E-state index contributed by atoms with van der Waals surface area (Å²) >= 11 is 0. The molecule has 0 aliphatic heterocycles. The quantitative estimate of drug-likeness (QED) is 0.628. The molecule has 0 aromatic carbocycles. The molecule has 5 heteroatoms. The summed E-state index contributed by atoms with van der Waals surface area (Å²) in [5.74, 6) is -0.794. The van der Waals surface area contributed by atoms with Crippen LogP contribution in [0.2, 0.25) is 0 Å². The summed E-state index contributed by atoms with van der Waals surface area (Å²) in [6.07, 6.45) is 1.87. The van der Waals surface area contributed by atoms with E-state index in [2.05, 4.69) is 0 Å². The van der Waals surface area contributed by atoms with Crippen LogP contribution in [0.1, 0.15) is 20.8 Å². The first-order valence-corrected chi connectivity index (χ1v) is 5.37. The minimum Gasteiger partial charge on any atom is -0.480 e. The van der Waals surface area contributed by atoms with Crippen molar-refractivity contribution in [3.63, 3.8) is 0 Å². The fraction of sp³-hybridized carbons (Fsp3) is 0.727. The van der Waals surface area contributed by atoms with Gasteiger partial charge in [0.15, 0.2) is 0 Å². The molecule has 5 N–H and O–H groups in total. The van der Waals surface area contributed by atoms with Crippen LogP contribution in [0.25, 0.3) is 0 Å². The van der Waals surface area contributed by atoms with Crippen molar-refractivity contribution in [1.82, 2.24) is 0 Å². The number of rotatable bonds is 5. The van der Waals surface area contributed by atoms with Crippen molar-refractivity contribution in [2.75, 3.05) is 6.61 Å². The van der Waals surface area contributed by atoms with Crippen molar-refractivity contribution in [3.05, 3.63) is 11.8 Å². The molecule has 0 heterocycles. The van der Waals surface area contributed by atoms with Crippen molar-refractivity contribution in [1.29, 1.82) is 0 Å². The Morgan fingerprint density at radius 2 is 2.31 bits per heavy atom. The monoisotopic (exact) mass is 228 g/mol. The Morgan fingerprint density at radius 1 is 1.75 bits per heavy atom. The minimum absolute atomic E-state index is 0.0204. The first kappa shape index (κ1) is 13.0. The van der Waals surface area contributed by atoms with Gasteiger partial charge in [-0.1, -0.05) is 19.9 Å². The lowest BCUT2D eigenvalue weighted by molar-refractivity contribution is -0.141. The predicted molar refractivity (Wildman–Crippen MR) is 60.6 cm³/mol. The van der Waals surface area contributed by atoms with Crippen LogP contribution in [-0.2, 0) is 9.53 Å². The lowest BCUT2D eigenvalue weighted by atomic mass is 9.64. The molecule has 16 heavy (non-hydrogen) atoms. The summed E-state index contributed by atoms with van der Waals surface area (Å²) in [6, 6.07) is -0.970. The molecule has 0 fully saturated rings. The first-order valence-electron chi connectivity index (χ1n) is 5.37. The van der Waals surface area contributed by atoms with Crippen molar-refractivity contribution < 1.29 is 14.6 Å². The van der Waals surface area contributed by atoms with E-state index in [1.165, 1.54) is 0 Å². The summed E-state index contributed by atoms with van der Waals surface area (Å²) in [5, 5.41) is 8.63. The second-order valence-corrected chi connectivity index (χ2v) is 4.65. The Kier molecular flexibility index (Phi) is 3.60. The van der Waals surface area contributed by atoms with Gasteiger partial charge in [0.25, 0.3) is 0 Å². The zero-order valence-electron chi connectivity index (χ0n) is 9.93. The summed E-state index contributed by atoms with van der Waals surface area (Å²) < 4.78 is 5.48. The van der Waals surface area contributed by atoms with Gasteiger partial charge in [0, 0.05) is 17.0 Å². The third kappa shape index (κ3) is 2.20. The molecule has 0 radical (unpaired) electrons. The van der Waals surface area contributed by atoms with Gasteiger partial charge in [-0.2, -0.15) is 0 Å². The Labute approximate surface area is 95.4 Å². The number of nitrogens with two attached hydrogens (primary N) is 2. The number of allylic oxidation sites excluding steroid dienone is 1. The van der Waals surface area contributed by atoms with Gasteiger partial charge >= 0.3 is 5.97 Å². The van der Waals surface area contributed by atoms with Crippen LogP contribution in [0.15, 0.2) is 11.8 Å². The topological polar surface area (TPSA) is 98.6 Å². The van der Waals surface area contributed by atoms with E-state index in [1.54, 1.807) is 0 Å². The highest BCUT2D eigenvalue weighted by Crippen LogP contribution is 2.45. The van der Waals surface area contributed by atoms with Crippen LogP contribution in [0.4, 0.5) is 0 Å². The number of carbonyl (C=O) groups is 1. The fourth-order valence-electron chi connectivity index (χ4n) is 1.84. The SMILES string of the molecule is CC1C(N)=C[C@@]1(C)[C@@H](C)OC[C@H](N)C(=O)O. The van der Waals surface area contributed by atoms with Gasteiger partial charge in [-0.15, -0.1) is 0 Å². The molecule has 1 aliphatic carbocycles.